The molecule has 2 aliphatic rings. The SMILES string of the molecule is CCn1nccc1C(=O)N1C[C@@H]2CNC[C@@H]2[C@@H]1c1ccccc1. The van der Waals surface area contributed by atoms with Crippen LogP contribution < -0.4 is 5.32 Å². The Hall–Kier alpha value is -2.14. The first kappa shape index (κ1) is 14.5. The maximum Gasteiger partial charge on any atom is 0.272 e. The number of aromatic nitrogens is 2. The molecule has 0 radical (unpaired) electrons. The van der Waals surface area contributed by atoms with E-state index < -0.39 is 0 Å². The van der Waals surface area contributed by atoms with Gasteiger partial charge in [-0.1, -0.05) is 30.3 Å². The molecule has 0 bridgehead atoms. The van der Waals surface area contributed by atoms with Gasteiger partial charge in [0, 0.05) is 38.3 Å². The van der Waals surface area contributed by atoms with Gasteiger partial charge in [0.05, 0.1) is 6.04 Å². The molecule has 1 N–H and O–H groups in total. The lowest BCUT2D eigenvalue weighted by Crippen LogP contribution is -2.35. The highest BCUT2D eigenvalue weighted by Gasteiger charge is 2.47. The van der Waals surface area contributed by atoms with Crippen molar-refractivity contribution in [2.24, 2.45) is 11.8 Å². The van der Waals surface area contributed by atoms with Gasteiger partial charge in [0.25, 0.3) is 5.91 Å². The van der Waals surface area contributed by atoms with Crippen LogP contribution >= 0.6 is 0 Å². The zero-order chi connectivity index (χ0) is 15.8. The van der Waals surface area contributed by atoms with Gasteiger partial charge >= 0.3 is 0 Å². The summed E-state index contributed by atoms with van der Waals surface area (Å²) in [6.07, 6.45) is 1.71. The second kappa shape index (κ2) is 5.81. The molecule has 0 spiro atoms. The van der Waals surface area contributed by atoms with E-state index in [2.05, 4.69) is 39.6 Å². The molecule has 2 saturated heterocycles. The Morgan fingerprint density at radius 3 is 2.87 bits per heavy atom. The maximum atomic E-state index is 13.1. The van der Waals surface area contributed by atoms with Crippen LogP contribution in [0.15, 0.2) is 42.6 Å². The smallest absolute Gasteiger partial charge is 0.272 e. The van der Waals surface area contributed by atoms with Gasteiger partial charge in [-0.3, -0.25) is 9.48 Å². The Morgan fingerprint density at radius 1 is 1.26 bits per heavy atom. The predicted octanol–water partition coefficient (Wildman–Crippen LogP) is 1.94. The van der Waals surface area contributed by atoms with Crippen LogP contribution in [0, 0.1) is 11.8 Å². The number of hydrogen-bond acceptors (Lipinski definition) is 3. The van der Waals surface area contributed by atoms with E-state index in [9.17, 15) is 4.79 Å². The number of nitrogens with one attached hydrogen (secondary N) is 1. The van der Waals surface area contributed by atoms with Crippen molar-refractivity contribution in [3.63, 3.8) is 0 Å². The average molecular weight is 310 g/mol. The first-order valence-corrected chi connectivity index (χ1v) is 8.38. The van der Waals surface area contributed by atoms with Crippen molar-refractivity contribution < 1.29 is 4.79 Å². The Morgan fingerprint density at radius 2 is 2.09 bits per heavy atom. The highest BCUT2D eigenvalue weighted by Crippen LogP contribution is 2.43. The molecule has 1 aromatic carbocycles. The molecule has 3 atom stereocenters. The number of fused-ring (bicyclic) bond motifs is 1. The van der Waals surface area contributed by atoms with Crippen molar-refractivity contribution in [1.82, 2.24) is 20.0 Å². The van der Waals surface area contributed by atoms with Gasteiger partial charge in [-0.15, -0.1) is 0 Å². The van der Waals surface area contributed by atoms with Gasteiger partial charge in [0.15, 0.2) is 0 Å². The number of benzene rings is 1. The topological polar surface area (TPSA) is 50.2 Å². The summed E-state index contributed by atoms with van der Waals surface area (Å²) in [6, 6.07) is 12.4. The second-order valence-corrected chi connectivity index (χ2v) is 6.43. The fourth-order valence-electron chi connectivity index (χ4n) is 4.12. The minimum Gasteiger partial charge on any atom is -0.330 e. The van der Waals surface area contributed by atoms with Crippen molar-refractivity contribution in [1.29, 1.82) is 0 Å². The minimum absolute atomic E-state index is 0.104. The number of rotatable bonds is 3. The van der Waals surface area contributed by atoms with Crippen LogP contribution in [0.2, 0.25) is 0 Å². The molecule has 0 saturated carbocycles. The molecule has 3 heterocycles. The van der Waals surface area contributed by atoms with E-state index in [4.69, 9.17) is 0 Å². The Balaban J connectivity index is 1.70. The van der Waals surface area contributed by atoms with E-state index >= 15 is 0 Å². The molecule has 1 amide bonds. The van der Waals surface area contributed by atoms with Gasteiger partial charge < -0.3 is 10.2 Å². The first-order chi connectivity index (χ1) is 11.3. The van der Waals surface area contributed by atoms with Crippen molar-refractivity contribution in [3.05, 3.63) is 53.9 Å². The van der Waals surface area contributed by atoms with Crippen LogP contribution in [-0.4, -0.2) is 40.2 Å². The minimum atomic E-state index is 0.104. The lowest BCUT2D eigenvalue weighted by molar-refractivity contribution is 0.0701. The van der Waals surface area contributed by atoms with Gasteiger partial charge in [-0.25, -0.2) is 0 Å². The standard InChI is InChI=1S/C18H22N4O/c1-2-22-16(8-9-20-22)18(23)21-12-14-10-19-11-15(14)17(21)13-6-4-3-5-7-13/h3-9,14-15,17,19H,2,10-12H2,1H3/t14-,15-,17-/m0/s1. The van der Waals surface area contributed by atoms with Crippen molar-refractivity contribution >= 4 is 5.91 Å². The van der Waals surface area contributed by atoms with Crippen molar-refractivity contribution in [3.8, 4) is 0 Å². The summed E-state index contributed by atoms with van der Waals surface area (Å²) in [6.45, 7) is 5.55. The Kier molecular flexibility index (Phi) is 3.65. The molecule has 2 aromatic rings. The van der Waals surface area contributed by atoms with Crippen molar-refractivity contribution in [2.45, 2.75) is 19.5 Å². The third-order valence-electron chi connectivity index (χ3n) is 5.20. The summed E-state index contributed by atoms with van der Waals surface area (Å²) < 4.78 is 1.79. The lowest BCUT2D eigenvalue weighted by Gasteiger charge is -2.28. The molecule has 23 heavy (non-hydrogen) atoms. The van der Waals surface area contributed by atoms with Crippen LogP contribution in [0.25, 0.3) is 0 Å². The zero-order valence-electron chi connectivity index (χ0n) is 13.4. The quantitative estimate of drug-likeness (QED) is 0.942. The number of carbonyl (C=O) groups excluding carboxylic acids is 1. The van der Waals surface area contributed by atoms with Crippen LogP contribution in [-0.2, 0) is 6.54 Å². The summed E-state index contributed by atoms with van der Waals surface area (Å²) in [5.41, 5.74) is 1.93. The van der Waals surface area contributed by atoms with Crippen molar-refractivity contribution in [2.75, 3.05) is 19.6 Å². The van der Waals surface area contributed by atoms with E-state index in [1.54, 1.807) is 10.9 Å². The third-order valence-corrected chi connectivity index (χ3v) is 5.20. The van der Waals surface area contributed by atoms with Gasteiger partial charge in [-0.2, -0.15) is 5.10 Å². The van der Waals surface area contributed by atoms with Crippen LogP contribution in [0.4, 0.5) is 0 Å². The Bertz CT molecular complexity index is 696. The van der Waals surface area contributed by atoms with Crippen LogP contribution in [0.1, 0.15) is 29.0 Å². The maximum absolute atomic E-state index is 13.1. The highest BCUT2D eigenvalue weighted by molar-refractivity contribution is 5.93. The molecule has 5 nitrogen and oxygen atoms in total. The zero-order valence-corrected chi connectivity index (χ0v) is 13.4. The van der Waals surface area contributed by atoms with E-state index in [1.807, 2.05) is 19.1 Å². The number of nitrogens with zero attached hydrogens (tertiary/aromatic N) is 3. The predicted molar refractivity (Wildman–Crippen MR) is 88.0 cm³/mol. The highest BCUT2D eigenvalue weighted by atomic mass is 16.2. The molecule has 2 aliphatic heterocycles. The molecule has 1 aromatic heterocycles. The fraction of sp³-hybridized carbons (Fsp3) is 0.444. The Labute approximate surface area is 136 Å². The fourth-order valence-corrected chi connectivity index (χ4v) is 4.12. The second-order valence-electron chi connectivity index (χ2n) is 6.43. The third kappa shape index (κ3) is 2.36. The molecular formula is C18H22N4O. The van der Waals surface area contributed by atoms with E-state index in [-0.39, 0.29) is 11.9 Å². The molecule has 120 valence electrons. The molecule has 0 aliphatic carbocycles. The summed E-state index contributed by atoms with van der Waals surface area (Å²) in [5.74, 6) is 1.15. The van der Waals surface area contributed by atoms with Gasteiger partial charge in [-0.05, 0) is 24.5 Å². The summed E-state index contributed by atoms with van der Waals surface area (Å²) in [7, 11) is 0. The van der Waals surface area contributed by atoms with Crippen LogP contribution in [0.5, 0.6) is 0 Å². The number of carbonyl (C=O) groups is 1. The first-order valence-electron chi connectivity index (χ1n) is 8.38. The monoisotopic (exact) mass is 310 g/mol. The summed E-state index contributed by atoms with van der Waals surface area (Å²) in [5, 5.41) is 7.74. The largest absolute Gasteiger partial charge is 0.330 e. The molecule has 0 unspecified atom stereocenters. The normalized spacial score (nSPS) is 26.5. The molecular weight excluding hydrogens is 288 g/mol. The number of amides is 1. The van der Waals surface area contributed by atoms with Gasteiger partial charge in [0.1, 0.15) is 5.69 Å². The average Bonchev–Trinajstić information content (AvgIpc) is 3.29. The lowest BCUT2D eigenvalue weighted by atomic mass is 9.89. The van der Waals surface area contributed by atoms with Crippen LogP contribution in [0.3, 0.4) is 0 Å². The number of aryl methyl sites for hydroxylation is 1. The van der Waals surface area contributed by atoms with E-state index in [0.717, 1.165) is 19.6 Å². The van der Waals surface area contributed by atoms with E-state index in [0.29, 0.717) is 24.1 Å². The summed E-state index contributed by atoms with van der Waals surface area (Å²) >= 11 is 0. The molecule has 2 fully saturated rings. The summed E-state index contributed by atoms with van der Waals surface area (Å²) in [4.78, 5) is 15.2. The van der Waals surface area contributed by atoms with E-state index in [1.165, 1.54) is 5.56 Å². The number of hydrogen-bond donors (Lipinski definition) is 1. The number of likely N-dealkylation sites (tertiary alicyclic amines) is 1. The molecule has 5 heteroatoms. The molecule has 4 rings (SSSR count). The van der Waals surface area contributed by atoms with Gasteiger partial charge in [0.2, 0.25) is 0 Å².